The molecule has 166 valence electrons. The number of nitro benzene ring substituents is 1. The summed E-state index contributed by atoms with van der Waals surface area (Å²) in [5.41, 5.74) is 2.79. The highest BCUT2D eigenvalue weighted by atomic mass is 16.6. The van der Waals surface area contributed by atoms with Crippen molar-refractivity contribution in [1.82, 2.24) is 10.7 Å². The Labute approximate surface area is 184 Å². The number of benzene rings is 2. The molecular weight excluding hydrogens is 414 g/mol. The Morgan fingerprint density at radius 3 is 2.50 bits per heavy atom. The summed E-state index contributed by atoms with van der Waals surface area (Å²) in [6.07, 6.45) is 6.33. The number of carbonyl (C=O) groups is 3. The molecule has 0 radical (unpaired) electrons. The topological polar surface area (TPSA) is 143 Å². The molecule has 1 fully saturated rings. The quantitative estimate of drug-likeness (QED) is 0.276. The molecule has 1 aliphatic rings. The third-order valence-corrected chi connectivity index (χ3v) is 5.03. The molecule has 1 saturated carbocycles. The van der Waals surface area contributed by atoms with E-state index in [-0.39, 0.29) is 28.9 Å². The lowest BCUT2D eigenvalue weighted by atomic mass is 9.95. The minimum Gasteiger partial charge on any atom is -0.349 e. The van der Waals surface area contributed by atoms with Crippen molar-refractivity contribution in [2.24, 2.45) is 5.10 Å². The van der Waals surface area contributed by atoms with Crippen LogP contribution in [0.2, 0.25) is 0 Å². The molecule has 3 N–H and O–H groups in total. The van der Waals surface area contributed by atoms with E-state index in [1.165, 1.54) is 30.5 Å². The summed E-state index contributed by atoms with van der Waals surface area (Å²) in [7, 11) is 0. The number of hydrazone groups is 1. The van der Waals surface area contributed by atoms with Gasteiger partial charge >= 0.3 is 11.8 Å². The largest absolute Gasteiger partial charge is 0.349 e. The number of non-ortho nitro benzene ring substituents is 1. The number of hydrogen-bond donors (Lipinski definition) is 3. The maximum absolute atomic E-state index is 12.7. The minimum atomic E-state index is -1.05. The number of nitrogens with one attached hydrogen (secondary N) is 3. The van der Waals surface area contributed by atoms with Gasteiger partial charge in [-0.2, -0.15) is 5.10 Å². The van der Waals surface area contributed by atoms with E-state index in [4.69, 9.17) is 0 Å². The van der Waals surface area contributed by atoms with Gasteiger partial charge in [-0.1, -0.05) is 43.5 Å². The first-order valence-electron chi connectivity index (χ1n) is 10.2. The Kier molecular flexibility index (Phi) is 7.63. The fraction of sp³-hybridized carbons (Fsp3) is 0.273. The highest BCUT2D eigenvalue weighted by Gasteiger charge is 2.20. The number of hydrogen-bond acceptors (Lipinski definition) is 6. The lowest BCUT2D eigenvalue weighted by Gasteiger charge is -2.23. The summed E-state index contributed by atoms with van der Waals surface area (Å²) in [6, 6.07) is 12.2. The van der Waals surface area contributed by atoms with Gasteiger partial charge in [0.05, 0.1) is 22.4 Å². The summed E-state index contributed by atoms with van der Waals surface area (Å²) in [4.78, 5) is 47.2. The molecule has 10 nitrogen and oxygen atoms in total. The molecule has 32 heavy (non-hydrogen) atoms. The molecular formula is C22H23N5O5. The van der Waals surface area contributed by atoms with Crippen molar-refractivity contribution >= 4 is 35.3 Å². The van der Waals surface area contributed by atoms with Gasteiger partial charge in [0.1, 0.15) is 0 Å². The lowest BCUT2D eigenvalue weighted by molar-refractivity contribution is -0.384. The summed E-state index contributed by atoms with van der Waals surface area (Å²) >= 11 is 0. The standard InChI is InChI=1S/C22H23N5O5/c28-20(24-16-8-2-1-3-9-16)18-11-4-5-12-19(18)25-21(29)22(30)26-23-14-15-7-6-10-17(13-15)27(31)32/h4-7,10-14,16H,1-3,8-9H2,(H,24,28)(H,25,29)(H,26,30)/b23-14+. The van der Waals surface area contributed by atoms with Crippen LogP contribution in [0.1, 0.15) is 48.0 Å². The molecule has 2 aromatic carbocycles. The molecule has 0 aliphatic heterocycles. The van der Waals surface area contributed by atoms with E-state index >= 15 is 0 Å². The van der Waals surface area contributed by atoms with Gasteiger partial charge in [-0.25, -0.2) is 5.43 Å². The fourth-order valence-electron chi connectivity index (χ4n) is 3.41. The fourth-order valence-corrected chi connectivity index (χ4v) is 3.41. The number of amides is 3. The number of nitrogens with zero attached hydrogens (tertiary/aromatic N) is 2. The van der Waals surface area contributed by atoms with Crippen molar-refractivity contribution in [2.45, 2.75) is 38.1 Å². The normalized spacial score (nSPS) is 14.0. The summed E-state index contributed by atoms with van der Waals surface area (Å²) in [5, 5.41) is 19.9. The zero-order valence-electron chi connectivity index (χ0n) is 17.2. The van der Waals surface area contributed by atoms with E-state index < -0.39 is 16.7 Å². The molecule has 0 bridgehead atoms. The third kappa shape index (κ3) is 6.21. The maximum atomic E-state index is 12.7. The van der Waals surface area contributed by atoms with E-state index in [1.807, 2.05) is 0 Å². The first-order valence-corrected chi connectivity index (χ1v) is 10.2. The Bertz CT molecular complexity index is 1050. The second-order valence-electron chi connectivity index (χ2n) is 7.36. The molecule has 3 rings (SSSR count). The van der Waals surface area contributed by atoms with Gasteiger partial charge in [0, 0.05) is 23.7 Å². The third-order valence-electron chi connectivity index (χ3n) is 5.03. The number of carbonyl (C=O) groups excluding carboxylic acids is 3. The predicted molar refractivity (Wildman–Crippen MR) is 118 cm³/mol. The average molecular weight is 437 g/mol. The van der Waals surface area contributed by atoms with E-state index in [9.17, 15) is 24.5 Å². The summed E-state index contributed by atoms with van der Waals surface area (Å²) < 4.78 is 0. The summed E-state index contributed by atoms with van der Waals surface area (Å²) in [6.45, 7) is 0. The number of rotatable bonds is 6. The van der Waals surface area contributed by atoms with Crippen LogP contribution in [0.3, 0.4) is 0 Å². The number of nitro groups is 1. The molecule has 0 unspecified atom stereocenters. The van der Waals surface area contributed by atoms with Crippen LogP contribution < -0.4 is 16.1 Å². The van der Waals surface area contributed by atoms with Gasteiger partial charge in [0.25, 0.3) is 11.6 Å². The molecule has 0 heterocycles. The van der Waals surface area contributed by atoms with Crippen molar-refractivity contribution in [1.29, 1.82) is 0 Å². The van der Waals surface area contributed by atoms with Crippen molar-refractivity contribution in [2.75, 3.05) is 5.32 Å². The van der Waals surface area contributed by atoms with Crippen LogP contribution in [0.5, 0.6) is 0 Å². The van der Waals surface area contributed by atoms with Crippen LogP contribution >= 0.6 is 0 Å². The van der Waals surface area contributed by atoms with E-state index in [1.54, 1.807) is 24.3 Å². The van der Waals surface area contributed by atoms with E-state index in [0.29, 0.717) is 5.56 Å². The van der Waals surface area contributed by atoms with Gasteiger partial charge in [-0.05, 0) is 25.0 Å². The SMILES string of the molecule is O=C(N/N=C/c1cccc([N+](=O)[O-])c1)C(=O)Nc1ccccc1C(=O)NC1CCCCC1. The first kappa shape index (κ1) is 22.6. The molecule has 0 spiro atoms. The molecule has 0 aromatic heterocycles. The zero-order chi connectivity index (χ0) is 22.9. The van der Waals surface area contributed by atoms with E-state index in [2.05, 4.69) is 21.2 Å². The van der Waals surface area contributed by atoms with Crippen LogP contribution in [0, 0.1) is 10.1 Å². The van der Waals surface area contributed by atoms with Crippen LogP contribution in [0.4, 0.5) is 11.4 Å². The van der Waals surface area contributed by atoms with E-state index in [0.717, 1.165) is 32.1 Å². The van der Waals surface area contributed by atoms with Gasteiger partial charge in [0.2, 0.25) is 0 Å². The molecule has 10 heteroatoms. The number of para-hydroxylation sites is 1. The molecule has 0 saturated heterocycles. The zero-order valence-corrected chi connectivity index (χ0v) is 17.2. The minimum absolute atomic E-state index is 0.103. The Balaban J connectivity index is 1.59. The Hall–Kier alpha value is -4.08. The lowest BCUT2D eigenvalue weighted by Crippen LogP contribution is -2.37. The predicted octanol–water partition coefficient (Wildman–Crippen LogP) is 2.75. The van der Waals surface area contributed by atoms with Crippen LogP contribution in [0.15, 0.2) is 53.6 Å². The van der Waals surface area contributed by atoms with Gasteiger partial charge < -0.3 is 10.6 Å². The van der Waals surface area contributed by atoms with Crippen molar-refractivity contribution in [3.05, 3.63) is 69.8 Å². The highest BCUT2D eigenvalue weighted by molar-refractivity contribution is 6.40. The average Bonchev–Trinajstić information content (AvgIpc) is 2.80. The molecule has 0 atom stereocenters. The van der Waals surface area contributed by atoms with Gasteiger partial charge in [-0.15, -0.1) is 0 Å². The maximum Gasteiger partial charge on any atom is 0.329 e. The Morgan fingerprint density at radius 1 is 1.00 bits per heavy atom. The monoisotopic (exact) mass is 437 g/mol. The number of anilines is 1. The Morgan fingerprint density at radius 2 is 1.75 bits per heavy atom. The summed E-state index contributed by atoms with van der Waals surface area (Å²) in [5.74, 6) is -2.36. The van der Waals surface area contributed by atoms with Crippen molar-refractivity contribution in [3.63, 3.8) is 0 Å². The smallest absolute Gasteiger partial charge is 0.329 e. The second kappa shape index (κ2) is 10.8. The van der Waals surface area contributed by atoms with Crippen molar-refractivity contribution < 1.29 is 19.3 Å². The highest BCUT2D eigenvalue weighted by Crippen LogP contribution is 2.20. The van der Waals surface area contributed by atoms with Crippen LogP contribution in [-0.2, 0) is 9.59 Å². The van der Waals surface area contributed by atoms with Gasteiger partial charge in [-0.3, -0.25) is 24.5 Å². The molecule has 3 amide bonds. The van der Waals surface area contributed by atoms with Crippen LogP contribution in [0.25, 0.3) is 0 Å². The second-order valence-corrected chi connectivity index (χ2v) is 7.36. The molecule has 2 aromatic rings. The molecule has 1 aliphatic carbocycles. The van der Waals surface area contributed by atoms with Gasteiger partial charge in [0.15, 0.2) is 0 Å². The van der Waals surface area contributed by atoms with Crippen molar-refractivity contribution in [3.8, 4) is 0 Å². The first-order chi connectivity index (χ1) is 15.4. The van der Waals surface area contributed by atoms with Crippen LogP contribution in [-0.4, -0.2) is 34.9 Å².